The largest absolute Gasteiger partial charge is 0.459 e. The third-order valence-corrected chi connectivity index (χ3v) is 11.1. The van der Waals surface area contributed by atoms with Gasteiger partial charge in [0, 0.05) is 6.61 Å². The lowest BCUT2D eigenvalue weighted by atomic mass is 9.87. The highest BCUT2D eigenvalue weighted by Gasteiger charge is 2.45. The van der Waals surface area contributed by atoms with E-state index in [1.807, 2.05) is 20.8 Å². The number of esters is 1. The number of ether oxygens (including phenoxy) is 1. The number of rotatable bonds is 9. The average molecular weight is 370 g/mol. The molecule has 0 saturated carbocycles. The van der Waals surface area contributed by atoms with Crippen LogP contribution in [0.1, 0.15) is 82.1 Å². The van der Waals surface area contributed by atoms with Crippen molar-refractivity contribution in [3.63, 3.8) is 0 Å². The summed E-state index contributed by atoms with van der Waals surface area (Å²) in [5, 5.41) is 9.49. The van der Waals surface area contributed by atoms with Gasteiger partial charge in [-0.25, -0.2) is 0 Å². The van der Waals surface area contributed by atoms with Crippen LogP contribution in [0.15, 0.2) is 0 Å². The van der Waals surface area contributed by atoms with Crippen molar-refractivity contribution in [1.29, 1.82) is 5.26 Å². The molecule has 0 aliphatic heterocycles. The first kappa shape index (κ1) is 24.1. The van der Waals surface area contributed by atoms with Gasteiger partial charge in [0.25, 0.3) is 0 Å². The maximum atomic E-state index is 12.4. The molecule has 0 saturated heterocycles. The second kappa shape index (κ2) is 9.18. The fourth-order valence-electron chi connectivity index (χ4n) is 3.77. The Labute approximate surface area is 156 Å². The average Bonchev–Trinajstić information content (AvgIpc) is 2.43. The van der Waals surface area contributed by atoms with Crippen LogP contribution in [0.4, 0.5) is 0 Å². The summed E-state index contributed by atoms with van der Waals surface area (Å²) in [5.74, 6) is -0.442. The molecule has 0 fully saturated rings. The van der Waals surface area contributed by atoms with Gasteiger partial charge in [-0.05, 0) is 57.2 Å². The molecule has 0 spiro atoms. The molecule has 0 amide bonds. The van der Waals surface area contributed by atoms with E-state index in [-0.39, 0.29) is 0 Å². The van der Waals surface area contributed by atoms with Crippen LogP contribution in [-0.4, -0.2) is 26.5 Å². The summed E-state index contributed by atoms with van der Waals surface area (Å²) in [7, 11) is -1.90. The summed E-state index contributed by atoms with van der Waals surface area (Å²) in [5.41, 5.74) is -0.114. The standard InChI is InChI=1S/C20H39NO3Si/c1-15(2)25(16(3)4,17(5)6)23-13-11-12-20(10,14-21)18(22)24-19(7,8)9/h15-17H,11-13H2,1-10H3/t20-/m1/s1. The van der Waals surface area contributed by atoms with Gasteiger partial charge in [0.05, 0.1) is 6.07 Å². The quantitative estimate of drug-likeness (QED) is 0.291. The number of hydrogen-bond acceptors (Lipinski definition) is 4. The van der Waals surface area contributed by atoms with Gasteiger partial charge in [0.2, 0.25) is 0 Å². The third kappa shape index (κ3) is 6.42. The van der Waals surface area contributed by atoms with Gasteiger partial charge in [0.1, 0.15) is 5.60 Å². The van der Waals surface area contributed by atoms with E-state index < -0.39 is 25.3 Å². The lowest BCUT2D eigenvalue weighted by molar-refractivity contribution is -0.163. The van der Waals surface area contributed by atoms with Gasteiger partial charge in [0.15, 0.2) is 13.7 Å². The zero-order valence-electron chi connectivity index (χ0n) is 18.0. The van der Waals surface area contributed by atoms with Gasteiger partial charge >= 0.3 is 5.97 Å². The number of hydrogen-bond donors (Lipinski definition) is 0. The van der Waals surface area contributed by atoms with E-state index in [0.717, 1.165) is 0 Å². The number of nitriles is 1. The predicted octanol–water partition coefficient (Wildman–Crippen LogP) is 5.83. The van der Waals surface area contributed by atoms with Crippen LogP contribution in [0.2, 0.25) is 16.6 Å². The Hall–Kier alpha value is -0.863. The highest BCUT2D eigenvalue weighted by atomic mass is 28.4. The maximum absolute atomic E-state index is 12.4. The normalized spacial score (nSPS) is 15.4. The molecule has 1 atom stereocenters. The summed E-state index contributed by atoms with van der Waals surface area (Å²) in [6, 6.07) is 2.15. The molecule has 5 heteroatoms. The van der Waals surface area contributed by atoms with Gasteiger partial charge in [-0.2, -0.15) is 5.26 Å². The minimum atomic E-state index is -1.90. The molecule has 4 nitrogen and oxygen atoms in total. The van der Waals surface area contributed by atoms with Gasteiger partial charge in [-0.1, -0.05) is 41.5 Å². The monoisotopic (exact) mass is 369 g/mol. The molecule has 0 aromatic rings. The minimum Gasteiger partial charge on any atom is -0.459 e. The third-order valence-electron chi connectivity index (χ3n) is 4.98. The Morgan fingerprint density at radius 2 is 1.44 bits per heavy atom. The molecule has 0 bridgehead atoms. The highest BCUT2D eigenvalue weighted by Crippen LogP contribution is 2.42. The Bertz CT molecular complexity index is 453. The van der Waals surface area contributed by atoms with Crippen molar-refractivity contribution in [3.05, 3.63) is 0 Å². The smallest absolute Gasteiger partial charge is 0.326 e. The SMILES string of the molecule is CC(C)[Si](OCCC[C@](C)(C#N)C(=O)OC(C)(C)C)(C(C)C)C(C)C. The fraction of sp³-hybridized carbons (Fsp3) is 0.900. The summed E-state index contributed by atoms with van der Waals surface area (Å²) in [4.78, 5) is 12.4. The summed E-state index contributed by atoms with van der Waals surface area (Å²) < 4.78 is 11.9. The van der Waals surface area contributed by atoms with E-state index in [1.54, 1.807) is 6.92 Å². The van der Waals surface area contributed by atoms with Crippen molar-refractivity contribution in [2.24, 2.45) is 5.41 Å². The highest BCUT2D eigenvalue weighted by molar-refractivity contribution is 6.77. The molecule has 0 unspecified atom stereocenters. The van der Waals surface area contributed by atoms with E-state index in [0.29, 0.717) is 36.1 Å². The van der Waals surface area contributed by atoms with Crippen molar-refractivity contribution in [2.75, 3.05) is 6.61 Å². The van der Waals surface area contributed by atoms with E-state index in [4.69, 9.17) is 9.16 Å². The molecule has 0 radical (unpaired) electrons. The van der Waals surface area contributed by atoms with E-state index in [2.05, 4.69) is 47.6 Å². The first-order valence-electron chi connectivity index (χ1n) is 9.51. The molecule has 0 aromatic carbocycles. The van der Waals surface area contributed by atoms with Gasteiger partial charge < -0.3 is 9.16 Å². The molecule has 25 heavy (non-hydrogen) atoms. The minimum absolute atomic E-state index is 0.442. The fourth-order valence-corrected chi connectivity index (χ4v) is 9.27. The first-order valence-corrected chi connectivity index (χ1v) is 11.7. The molecule has 0 aliphatic carbocycles. The van der Waals surface area contributed by atoms with Crippen molar-refractivity contribution >= 4 is 14.3 Å². The summed E-state index contributed by atoms with van der Waals surface area (Å²) in [6.45, 7) is 21.3. The Morgan fingerprint density at radius 1 is 1.00 bits per heavy atom. The second-order valence-electron chi connectivity index (χ2n) is 9.22. The van der Waals surface area contributed by atoms with Crippen molar-refractivity contribution < 1.29 is 14.0 Å². The van der Waals surface area contributed by atoms with E-state index in [9.17, 15) is 10.1 Å². The Balaban J connectivity index is 4.92. The molecule has 0 rings (SSSR count). The van der Waals surface area contributed by atoms with Gasteiger partial charge in [-0.3, -0.25) is 4.79 Å². The van der Waals surface area contributed by atoms with Crippen LogP contribution >= 0.6 is 0 Å². The second-order valence-corrected chi connectivity index (χ2v) is 14.7. The van der Waals surface area contributed by atoms with Crippen LogP contribution in [0.5, 0.6) is 0 Å². The molecule has 0 aromatic heterocycles. The lowest BCUT2D eigenvalue weighted by Gasteiger charge is -2.42. The molecule has 0 heterocycles. The topological polar surface area (TPSA) is 59.3 Å². The van der Waals surface area contributed by atoms with E-state index in [1.165, 1.54) is 0 Å². The van der Waals surface area contributed by atoms with Crippen LogP contribution in [0.3, 0.4) is 0 Å². The number of nitrogens with zero attached hydrogens (tertiary/aromatic N) is 1. The van der Waals surface area contributed by atoms with Crippen molar-refractivity contribution in [2.45, 2.75) is 104 Å². The lowest BCUT2D eigenvalue weighted by Crippen LogP contribution is -2.48. The van der Waals surface area contributed by atoms with Crippen LogP contribution in [0, 0.1) is 16.7 Å². The molecular formula is C20H39NO3Si. The van der Waals surface area contributed by atoms with Crippen LogP contribution < -0.4 is 0 Å². The Kier molecular flexibility index (Phi) is 8.87. The first-order chi connectivity index (χ1) is 11.2. The summed E-state index contributed by atoms with van der Waals surface area (Å²) >= 11 is 0. The zero-order valence-corrected chi connectivity index (χ0v) is 19.0. The van der Waals surface area contributed by atoms with Crippen LogP contribution in [0.25, 0.3) is 0 Å². The zero-order chi connectivity index (χ0) is 20.1. The maximum Gasteiger partial charge on any atom is 0.326 e. The van der Waals surface area contributed by atoms with E-state index >= 15 is 0 Å². The number of carbonyl (C=O) groups is 1. The Morgan fingerprint density at radius 3 is 1.76 bits per heavy atom. The summed E-state index contributed by atoms with van der Waals surface area (Å²) in [6.07, 6.45) is 1.14. The molecule has 0 aliphatic rings. The predicted molar refractivity (Wildman–Crippen MR) is 106 cm³/mol. The molecule has 146 valence electrons. The van der Waals surface area contributed by atoms with Crippen molar-refractivity contribution in [3.8, 4) is 6.07 Å². The molecule has 0 N–H and O–H groups in total. The number of carbonyl (C=O) groups excluding carboxylic acids is 1. The molecular weight excluding hydrogens is 330 g/mol. The van der Waals surface area contributed by atoms with Crippen LogP contribution in [-0.2, 0) is 14.0 Å². The van der Waals surface area contributed by atoms with Gasteiger partial charge in [-0.15, -0.1) is 0 Å². The van der Waals surface area contributed by atoms with Crippen molar-refractivity contribution in [1.82, 2.24) is 0 Å².